The molecule has 28 heavy (non-hydrogen) atoms. The van der Waals surface area contributed by atoms with Crippen LogP contribution in [0.2, 0.25) is 0 Å². The van der Waals surface area contributed by atoms with Crippen LogP contribution < -0.4 is 5.59 Å². The number of aromatic nitrogens is 1. The third kappa shape index (κ3) is 3.21. The van der Waals surface area contributed by atoms with Crippen molar-refractivity contribution in [3.8, 4) is 0 Å². The Morgan fingerprint density at radius 3 is 2.39 bits per heavy atom. The summed E-state index contributed by atoms with van der Waals surface area (Å²) in [5.74, 6) is 0.198. The zero-order valence-electron chi connectivity index (χ0n) is 17.3. The van der Waals surface area contributed by atoms with E-state index in [1.54, 1.807) is 0 Å². The molecular weight excluding hydrogens is 353 g/mol. The van der Waals surface area contributed by atoms with Crippen LogP contribution in [0.3, 0.4) is 0 Å². The molecule has 0 spiro atoms. The summed E-state index contributed by atoms with van der Waals surface area (Å²) >= 11 is 0. The molecule has 1 aliphatic heterocycles. The van der Waals surface area contributed by atoms with E-state index in [1.165, 1.54) is 24.8 Å². The van der Waals surface area contributed by atoms with E-state index in [-0.39, 0.29) is 5.78 Å². The SMILES string of the molecule is CC1(C)OB(c2[nH]c3cc(C(=O)CO)ccc3c2C2CCCCC2)OC1(C)C. The van der Waals surface area contributed by atoms with Crippen molar-refractivity contribution in [3.63, 3.8) is 0 Å². The van der Waals surface area contributed by atoms with Crippen LogP contribution >= 0.6 is 0 Å². The molecule has 1 aromatic carbocycles. The zero-order chi connectivity index (χ0) is 20.1. The quantitative estimate of drug-likeness (QED) is 0.624. The lowest BCUT2D eigenvalue weighted by Crippen LogP contribution is -2.41. The number of rotatable bonds is 4. The van der Waals surface area contributed by atoms with Crippen molar-refractivity contribution >= 4 is 29.4 Å². The second-order valence-electron chi connectivity index (χ2n) is 9.22. The summed E-state index contributed by atoms with van der Waals surface area (Å²) in [7, 11) is -0.452. The highest BCUT2D eigenvalue weighted by Gasteiger charge is 2.53. The highest BCUT2D eigenvalue weighted by Crippen LogP contribution is 2.40. The Labute approximate surface area is 166 Å². The summed E-state index contributed by atoms with van der Waals surface area (Å²) in [5.41, 5.74) is 2.87. The Balaban J connectivity index is 1.83. The number of aliphatic hydroxyl groups excluding tert-OH is 1. The van der Waals surface area contributed by atoms with Gasteiger partial charge in [0.15, 0.2) is 5.78 Å². The fourth-order valence-corrected chi connectivity index (χ4v) is 4.48. The average Bonchev–Trinajstić information content (AvgIpc) is 3.15. The van der Waals surface area contributed by atoms with Crippen LogP contribution in [0, 0.1) is 0 Å². The maximum atomic E-state index is 12.0. The van der Waals surface area contributed by atoms with Gasteiger partial charge in [-0.1, -0.05) is 31.4 Å². The van der Waals surface area contributed by atoms with Gasteiger partial charge in [-0.25, -0.2) is 0 Å². The summed E-state index contributed by atoms with van der Waals surface area (Å²) in [6.45, 7) is 7.77. The summed E-state index contributed by atoms with van der Waals surface area (Å²) < 4.78 is 12.7. The van der Waals surface area contributed by atoms with Crippen LogP contribution in [0.15, 0.2) is 18.2 Å². The third-order valence-electron chi connectivity index (χ3n) is 6.84. The van der Waals surface area contributed by atoms with E-state index in [0.717, 1.165) is 29.3 Å². The van der Waals surface area contributed by atoms with E-state index in [2.05, 4.69) is 32.7 Å². The van der Waals surface area contributed by atoms with Gasteiger partial charge in [-0.15, -0.1) is 0 Å². The molecule has 2 fully saturated rings. The molecule has 1 aliphatic carbocycles. The molecule has 2 aromatic rings. The number of hydrogen-bond donors (Lipinski definition) is 2. The lowest BCUT2D eigenvalue weighted by atomic mass is 9.74. The predicted molar refractivity (Wildman–Crippen MR) is 111 cm³/mol. The van der Waals surface area contributed by atoms with E-state index in [1.807, 2.05) is 18.2 Å². The Hall–Kier alpha value is -1.63. The Morgan fingerprint density at radius 1 is 1.14 bits per heavy atom. The number of aromatic amines is 1. The van der Waals surface area contributed by atoms with Gasteiger partial charge in [0.25, 0.3) is 0 Å². The molecule has 6 heteroatoms. The van der Waals surface area contributed by atoms with Gasteiger partial charge in [-0.3, -0.25) is 4.79 Å². The minimum atomic E-state index is -0.480. The van der Waals surface area contributed by atoms with Crippen molar-refractivity contribution in [1.82, 2.24) is 4.98 Å². The Morgan fingerprint density at radius 2 is 1.79 bits per heavy atom. The lowest BCUT2D eigenvalue weighted by molar-refractivity contribution is 0.00578. The van der Waals surface area contributed by atoms with E-state index in [4.69, 9.17) is 9.31 Å². The molecule has 0 radical (unpaired) electrons. The van der Waals surface area contributed by atoms with Gasteiger partial charge in [0.05, 0.1) is 11.2 Å². The van der Waals surface area contributed by atoms with Crippen LogP contribution in [-0.2, 0) is 9.31 Å². The monoisotopic (exact) mass is 383 g/mol. The van der Waals surface area contributed by atoms with Crippen molar-refractivity contribution in [1.29, 1.82) is 0 Å². The molecule has 2 N–H and O–H groups in total. The molecular formula is C22H30BNO4. The lowest BCUT2D eigenvalue weighted by Gasteiger charge is -2.32. The van der Waals surface area contributed by atoms with Gasteiger partial charge < -0.3 is 19.4 Å². The van der Waals surface area contributed by atoms with E-state index < -0.39 is 24.9 Å². The highest BCUT2D eigenvalue weighted by atomic mass is 16.7. The standard InChI is InChI=1S/C22H30BNO4/c1-21(2)22(3,4)28-23(27-21)20-19(14-8-6-5-7-9-14)16-11-10-15(18(26)13-25)12-17(16)24-20/h10-12,14,24-25H,5-9,13H2,1-4H3. The molecule has 150 valence electrons. The van der Waals surface area contributed by atoms with Crippen molar-refractivity contribution < 1.29 is 19.2 Å². The van der Waals surface area contributed by atoms with Crippen LogP contribution in [0.25, 0.3) is 10.9 Å². The van der Waals surface area contributed by atoms with Gasteiger partial charge in [0.1, 0.15) is 6.61 Å². The molecule has 1 aromatic heterocycles. The number of H-pyrrole nitrogens is 1. The number of hydrogen-bond acceptors (Lipinski definition) is 4. The molecule has 0 atom stereocenters. The minimum absolute atomic E-state index is 0.270. The molecule has 0 unspecified atom stereocenters. The first-order valence-electron chi connectivity index (χ1n) is 10.4. The average molecular weight is 383 g/mol. The summed E-state index contributed by atoms with van der Waals surface area (Å²) in [6.07, 6.45) is 6.09. The van der Waals surface area contributed by atoms with Gasteiger partial charge in [0.2, 0.25) is 0 Å². The first kappa shape index (κ1) is 19.7. The Bertz CT molecular complexity index is 879. The topological polar surface area (TPSA) is 71.6 Å². The Kier molecular flexibility index (Phi) is 4.93. The predicted octanol–water partition coefficient (Wildman–Crippen LogP) is 3.69. The molecule has 0 amide bonds. The maximum absolute atomic E-state index is 12.0. The normalized spacial score (nSPS) is 22.1. The van der Waals surface area contributed by atoms with Gasteiger partial charge >= 0.3 is 7.12 Å². The molecule has 0 bridgehead atoms. The van der Waals surface area contributed by atoms with E-state index in [0.29, 0.717) is 11.5 Å². The van der Waals surface area contributed by atoms with Gasteiger partial charge in [-0.05, 0) is 58.1 Å². The van der Waals surface area contributed by atoms with Gasteiger partial charge in [0, 0.05) is 22.1 Å². The number of fused-ring (bicyclic) bond motifs is 1. The summed E-state index contributed by atoms with van der Waals surface area (Å²) in [5, 5.41) is 10.3. The van der Waals surface area contributed by atoms with E-state index in [9.17, 15) is 9.90 Å². The molecule has 5 nitrogen and oxygen atoms in total. The van der Waals surface area contributed by atoms with Crippen LogP contribution in [0.5, 0.6) is 0 Å². The summed E-state index contributed by atoms with van der Waals surface area (Å²) in [6, 6.07) is 5.66. The molecule has 1 saturated carbocycles. The third-order valence-corrected chi connectivity index (χ3v) is 6.84. The maximum Gasteiger partial charge on any atom is 0.512 e. The van der Waals surface area contributed by atoms with Crippen LogP contribution in [0.4, 0.5) is 0 Å². The number of carbonyl (C=O) groups is 1. The molecule has 1 saturated heterocycles. The smallest absolute Gasteiger partial charge is 0.398 e. The number of carbonyl (C=O) groups excluding carboxylic acids is 1. The van der Waals surface area contributed by atoms with Crippen molar-refractivity contribution in [3.05, 3.63) is 29.3 Å². The first-order chi connectivity index (χ1) is 13.2. The zero-order valence-corrected chi connectivity index (χ0v) is 17.3. The van der Waals surface area contributed by atoms with Crippen molar-refractivity contribution in [2.75, 3.05) is 6.61 Å². The minimum Gasteiger partial charge on any atom is -0.398 e. The number of ketones is 1. The highest BCUT2D eigenvalue weighted by molar-refractivity contribution is 6.62. The number of nitrogens with one attached hydrogen (secondary N) is 1. The first-order valence-corrected chi connectivity index (χ1v) is 10.4. The van der Waals surface area contributed by atoms with Crippen LogP contribution in [0.1, 0.15) is 81.6 Å². The fraction of sp³-hybridized carbons (Fsp3) is 0.591. The fourth-order valence-electron chi connectivity index (χ4n) is 4.48. The number of benzene rings is 1. The molecule has 2 aliphatic rings. The van der Waals surface area contributed by atoms with Crippen molar-refractivity contribution in [2.24, 2.45) is 0 Å². The number of aliphatic hydroxyl groups is 1. The second kappa shape index (κ2) is 7.01. The van der Waals surface area contributed by atoms with Gasteiger partial charge in [-0.2, -0.15) is 0 Å². The van der Waals surface area contributed by atoms with Crippen LogP contribution in [-0.4, -0.2) is 40.8 Å². The summed E-state index contributed by atoms with van der Waals surface area (Å²) in [4.78, 5) is 15.5. The second-order valence-corrected chi connectivity index (χ2v) is 9.22. The van der Waals surface area contributed by atoms with E-state index >= 15 is 0 Å². The molecule has 2 heterocycles. The van der Waals surface area contributed by atoms with Crippen molar-refractivity contribution in [2.45, 2.75) is 76.9 Å². The molecule has 4 rings (SSSR count). The largest absolute Gasteiger partial charge is 0.512 e. The number of Topliss-reactive ketones (excluding diaryl/α,β-unsaturated/α-hetero) is 1.